The van der Waals surface area contributed by atoms with Gasteiger partial charge in [-0.2, -0.15) is 0 Å². The molecule has 0 aromatic heterocycles. The fourth-order valence-corrected chi connectivity index (χ4v) is 26.6. The van der Waals surface area contributed by atoms with Gasteiger partial charge in [0.15, 0.2) is 0 Å². The van der Waals surface area contributed by atoms with Crippen molar-refractivity contribution < 1.29 is 0 Å². The van der Waals surface area contributed by atoms with Crippen molar-refractivity contribution >= 4 is 44.0 Å². The molecule has 4 aromatic carbocycles. The summed E-state index contributed by atoms with van der Waals surface area (Å²) in [5.41, 5.74) is 0. The lowest BCUT2D eigenvalue weighted by Gasteiger charge is -2.46. The minimum absolute atomic E-state index is 1.33. The van der Waals surface area contributed by atoms with Crippen LogP contribution in [0.3, 0.4) is 0 Å². The van der Waals surface area contributed by atoms with Crippen molar-refractivity contribution in [2.24, 2.45) is 0 Å². The van der Waals surface area contributed by atoms with Crippen molar-refractivity contribution in [3.05, 3.63) is 121 Å². The summed E-state index contributed by atoms with van der Waals surface area (Å²) in [6.07, 6.45) is 0. The average Bonchev–Trinajstić information content (AvgIpc) is 2.89. The zero-order valence-corrected chi connectivity index (χ0v) is 23.5. The molecule has 0 N–H and O–H groups in total. The minimum atomic E-state index is -2.04. The summed E-state index contributed by atoms with van der Waals surface area (Å²) < 4.78 is 0. The Kier molecular flexibility index (Phi) is 7.03. The molecular formula is C30H36Si3. The van der Waals surface area contributed by atoms with Crippen molar-refractivity contribution in [1.82, 2.24) is 0 Å². The Labute approximate surface area is 203 Å². The van der Waals surface area contributed by atoms with Gasteiger partial charge in [0.2, 0.25) is 0 Å². The van der Waals surface area contributed by atoms with Crippen LogP contribution in [-0.4, -0.2) is 23.3 Å². The monoisotopic (exact) mass is 480 g/mol. The molecule has 1 atom stereocenters. The second-order valence-electron chi connectivity index (χ2n) is 10.3. The van der Waals surface area contributed by atoms with E-state index in [0.29, 0.717) is 0 Å². The SMILES string of the molecule is C[Si](C)(CC[Si](C)(c1ccccc1)[Si](C)(c1ccccc1)c1ccccc1)c1ccccc1. The first kappa shape index (κ1) is 23.7. The van der Waals surface area contributed by atoms with E-state index in [1.807, 2.05) is 0 Å². The summed E-state index contributed by atoms with van der Waals surface area (Å²) in [6.45, 7) is 10.5. The van der Waals surface area contributed by atoms with Gasteiger partial charge in [-0.05, 0) is 0 Å². The first-order valence-corrected chi connectivity index (χ1v) is 21.5. The van der Waals surface area contributed by atoms with Crippen molar-refractivity contribution in [3.8, 4) is 0 Å². The molecule has 0 saturated heterocycles. The Morgan fingerprint density at radius 2 is 0.727 bits per heavy atom. The molecule has 0 aliphatic carbocycles. The highest BCUT2D eigenvalue weighted by molar-refractivity contribution is 7.55. The van der Waals surface area contributed by atoms with Crippen molar-refractivity contribution in [3.63, 3.8) is 0 Å². The van der Waals surface area contributed by atoms with E-state index in [2.05, 4.69) is 148 Å². The standard InChI is InChI=1S/C30H36Si3/c1-31(2,27-17-9-5-10-18-27)25-26-32(3,28-19-11-6-12-20-28)33(4,29-21-13-7-14-22-29)30-23-15-8-16-24-30/h5-24H,25-26H2,1-4H3. The number of hydrogen-bond acceptors (Lipinski definition) is 0. The van der Waals surface area contributed by atoms with E-state index in [1.54, 1.807) is 20.7 Å². The molecule has 168 valence electrons. The Bertz CT molecular complexity index is 1100. The first-order valence-electron chi connectivity index (χ1n) is 12.1. The second-order valence-corrected chi connectivity index (χ2v) is 28.6. The number of benzene rings is 4. The fraction of sp³-hybridized carbons (Fsp3) is 0.200. The van der Waals surface area contributed by atoms with Crippen molar-refractivity contribution in [2.45, 2.75) is 38.3 Å². The minimum Gasteiger partial charge on any atom is -0.0666 e. The van der Waals surface area contributed by atoms with Crippen molar-refractivity contribution in [1.29, 1.82) is 0 Å². The summed E-state index contributed by atoms with van der Waals surface area (Å²) in [5.74, 6) is 0. The third-order valence-electron chi connectivity index (χ3n) is 8.02. The van der Waals surface area contributed by atoms with Crippen LogP contribution in [0, 0.1) is 0 Å². The maximum atomic E-state index is 2.70. The highest BCUT2D eigenvalue weighted by atomic mass is 29.3. The van der Waals surface area contributed by atoms with E-state index in [1.165, 1.54) is 12.1 Å². The van der Waals surface area contributed by atoms with Gasteiger partial charge in [0, 0.05) is 0 Å². The van der Waals surface area contributed by atoms with Crippen LogP contribution < -0.4 is 20.7 Å². The van der Waals surface area contributed by atoms with Gasteiger partial charge < -0.3 is 0 Å². The van der Waals surface area contributed by atoms with Crippen LogP contribution in [0.1, 0.15) is 0 Å². The molecule has 0 bridgehead atoms. The smallest absolute Gasteiger partial charge is 0.0666 e. The molecule has 0 amide bonds. The van der Waals surface area contributed by atoms with Crippen LogP contribution in [-0.2, 0) is 0 Å². The number of hydrogen-bond donors (Lipinski definition) is 0. The third kappa shape index (κ3) is 4.63. The summed E-state index contributed by atoms with van der Waals surface area (Å²) in [7, 11) is -5.51. The zero-order chi connectivity index (χ0) is 23.4. The molecule has 4 rings (SSSR count). The molecule has 0 heterocycles. The van der Waals surface area contributed by atoms with Gasteiger partial charge in [-0.3, -0.25) is 0 Å². The first-order chi connectivity index (χ1) is 15.9. The lowest BCUT2D eigenvalue weighted by atomic mass is 10.4. The highest BCUT2D eigenvalue weighted by Gasteiger charge is 2.52. The second kappa shape index (κ2) is 9.80. The molecule has 4 aromatic rings. The Hall–Kier alpha value is -2.47. The summed E-state index contributed by atoms with van der Waals surface area (Å²) in [6, 6.07) is 48.4. The topological polar surface area (TPSA) is 0 Å². The van der Waals surface area contributed by atoms with Crippen LogP contribution in [0.5, 0.6) is 0 Å². The molecule has 0 fully saturated rings. The molecule has 0 aliphatic rings. The van der Waals surface area contributed by atoms with Gasteiger partial charge in [0.1, 0.15) is 7.59 Å². The Morgan fingerprint density at radius 1 is 0.394 bits per heavy atom. The van der Waals surface area contributed by atoms with E-state index in [0.717, 1.165) is 0 Å². The number of rotatable bonds is 8. The van der Waals surface area contributed by atoms with Crippen LogP contribution >= 0.6 is 0 Å². The fourth-order valence-electron chi connectivity index (χ4n) is 5.43. The molecule has 33 heavy (non-hydrogen) atoms. The quantitative estimate of drug-likeness (QED) is 0.290. The molecule has 0 spiro atoms. The van der Waals surface area contributed by atoms with E-state index < -0.39 is 23.3 Å². The molecule has 3 heteroatoms. The molecule has 0 saturated carbocycles. The van der Waals surface area contributed by atoms with Crippen LogP contribution in [0.2, 0.25) is 38.3 Å². The zero-order valence-electron chi connectivity index (χ0n) is 20.5. The molecule has 0 nitrogen and oxygen atoms in total. The summed E-state index contributed by atoms with van der Waals surface area (Å²) >= 11 is 0. The predicted octanol–water partition coefficient (Wildman–Crippen LogP) is 5.56. The highest BCUT2D eigenvalue weighted by Crippen LogP contribution is 2.29. The van der Waals surface area contributed by atoms with Crippen LogP contribution in [0.15, 0.2) is 121 Å². The van der Waals surface area contributed by atoms with E-state index >= 15 is 0 Å². The summed E-state index contributed by atoms with van der Waals surface area (Å²) in [5, 5.41) is 6.35. The van der Waals surface area contributed by atoms with Crippen LogP contribution in [0.25, 0.3) is 0 Å². The van der Waals surface area contributed by atoms with Gasteiger partial charge in [-0.1, -0.05) is 180 Å². The van der Waals surface area contributed by atoms with Crippen molar-refractivity contribution in [2.75, 3.05) is 0 Å². The molecular weight excluding hydrogens is 445 g/mol. The van der Waals surface area contributed by atoms with E-state index in [4.69, 9.17) is 0 Å². The lowest BCUT2D eigenvalue weighted by molar-refractivity contribution is 1.31. The molecule has 0 aliphatic heterocycles. The molecule has 0 radical (unpaired) electrons. The third-order valence-corrected chi connectivity index (χ3v) is 29.9. The van der Waals surface area contributed by atoms with Gasteiger partial charge in [0.05, 0.1) is 15.7 Å². The van der Waals surface area contributed by atoms with E-state index in [9.17, 15) is 0 Å². The maximum Gasteiger partial charge on any atom is 0.113 e. The van der Waals surface area contributed by atoms with Gasteiger partial charge in [0.25, 0.3) is 0 Å². The van der Waals surface area contributed by atoms with Gasteiger partial charge >= 0.3 is 0 Å². The van der Waals surface area contributed by atoms with E-state index in [-0.39, 0.29) is 0 Å². The normalized spacial score (nSPS) is 13.9. The largest absolute Gasteiger partial charge is 0.113 e. The predicted molar refractivity (Wildman–Crippen MR) is 155 cm³/mol. The Balaban J connectivity index is 1.86. The van der Waals surface area contributed by atoms with Gasteiger partial charge in [-0.25, -0.2) is 0 Å². The lowest BCUT2D eigenvalue weighted by Crippen LogP contribution is -2.78. The Morgan fingerprint density at radius 3 is 1.12 bits per heavy atom. The van der Waals surface area contributed by atoms with Gasteiger partial charge in [-0.15, -0.1) is 0 Å². The summed E-state index contributed by atoms with van der Waals surface area (Å²) in [4.78, 5) is 0. The maximum absolute atomic E-state index is 2.70. The van der Waals surface area contributed by atoms with Crippen LogP contribution in [0.4, 0.5) is 0 Å². The average molecular weight is 481 g/mol. The molecule has 1 unspecified atom stereocenters.